The topological polar surface area (TPSA) is 209 Å². The number of likely N-dealkylation sites (N-methyl/N-ethyl adjacent to an activating group) is 1. The van der Waals surface area contributed by atoms with Gasteiger partial charge in [-0.3, -0.25) is 24.1 Å². The molecule has 3 aliphatic carbocycles. The van der Waals surface area contributed by atoms with E-state index in [0.29, 0.717) is 28.9 Å². The van der Waals surface area contributed by atoms with Gasteiger partial charge in [0.05, 0.1) is 25.3 Å². The van der Waals surface area contributed by atoms with Crippen LogP contribution in [0.4, 0.5) is 0 Å². The predicted octanol–water partition coefficient (Wildman–Crippen LogP) is 2.90. The molecule has 0 heterocycles. The van der Waals surface area contributed by atoms with Crippen molar-refractivity contribution in [1.29, 1.82) is 0 Å². The molecule has 1 unspecified atom stereocenters. The van der Waals surface area contributed by atoms with E-state index in [1.165, 1.54) is 18.1 Å². The number of nitrogens with zero attached hydrogens (tertiary/aromatic N) is 1. The van der Waals surface area contributed by atoms with Crippen LogP contribution in [0.1, 0.15) is 35.6 Å². The minimum atomic E-state index is -2.73. The maximum atomic E-state index is 14.2. The Morgan fingerprint density at radius 3 is 2.38 bits per heavy atom. The Kier molecular flexibility index (Phi) is 10.2. The van der Waals surface area contributed by atoms with Crippen molar-refractivity contribution in [2.75, 3.05) is 27.8 Å². The summed E-state index contributed by atoms with van der Waals surface area (Å²) in [6, 6.07) is 16.3. The first-order chi connectivity index (χ1) is 25.2. The standard InChI is InChI=1S/C40H43N3O10/c1-5-53-39(50)27(16-20-9-7-6-8-10-20)42-19-21-11-14-29(52-4)24(15-21)23-12-13-28(44)31-25(23)17-22-18-26-33(43(2)3)35(46)32(38(41)49)37(48)40(26,51)36(47)30(22)34(31)45/h6-15,22,26-27,33,42,44-45,48,51H,5,16-19H2,1-4H3,(H2,41,49)/t22-,26-,27?,33-,40-/m0/s1. The van der Waals surface area contributed by atoms with E-state index in [1.807, 2.05) is 42.5 Å². The smallest absolute Gasteiger partial charge is 0.323 e. The molecule has 1 saturated carbocycles. The summed E-state index contributed by atoms with van der Waals surface area (Å²) in [5.74, 6) is -7.11. The molecule has 3 aromatic rings. The zero-order valence-electron chi connectivity index (χ0n) is 29.9. The van der Waals surface area contributed by atoms with Crippen molar-refractivity contribution in [2.24, 2.45) is 17.6 Å². The molecule has 53 heavy (non-hydrogen) atoms. The molecule has 13 heteroatoms. The first-order valence-corrected chi connectivity index (χ1v) is 17.3. The van der Waals surface area contributed by atoms with Crippen LogP contribution in [0.2, 0.25) is 0 Å². The van der Waals surface area contributed by atoms with Crippen LogP contribution in [-0.2, 0) is 43.3 Å². The summed E-state index contributed by atoms with van der Waals surface area (Å²) in [5.41, 5.74) is 5.00. The van der Waals surface area contributed by atoms with Crippen LogP contribution in [-0.4, -0.2) is 94.3 Å². The van der Waals surface area contributed by atoms with Crippen LogP contribution in [0.5, 0.6) is 11.5 Å². The number of methoxy groups -OCH3 is 1. The molecule has 3 aromatic carbocycles. The molecule has 0 aromatic heterocycles. The lowest BCUT2D eigenvalue weighted by molar-refractivity contribution is -0.153. The molecule has 1 amide bonds. The van der Waals surface area contributed by atoms with Crippen LogP contribution >= 0.6 is 0 Å². The molecule has 278 valence electrons. The fourth-order valence-electron chi connectivity index (χ4n) is 8.14. The van der Waals surface area contributed by atoms with Crippen LogP contribution in [0.15, 0.2) is 77.6 Å². The summed E-state index contributed by atoms with van der Waals surface area (Å²) in [6.45, 7) is 2.27. The third-order valence-electron chi connectivity index (χ3n) is 10.6. The summed E-state index contributed by atoms with van der Waals surface area (Å²) >= 11 is 0. The number of amides is 1. The quantitative estimate of drug-likeness (QED) is 0.125. The highest BCUT2D eigenvalue weighted by molar-refractivity contribution is 6.24. The number of nitrogens with one attached hydrogen (secondary N) is 1. The zero-order valence-corrected chi connectivity index (χ0v) is 29.9. The number of primary amides is 1. The molecule has 0 aliphatic heterocycles. The van der Waals surface area contributed by atoms with Gasteiger partial charge in [0.15, 0.2) is 11.4 Å². The Morgan fingerprint density at radius 2 is 1.74 bits per heavy atom. The van der Waals surface area contributed by atoms with E-state index >= 15 is 0 Å². The third kappa shape index (κ3) is 6.34. The number of hydrogen-bond acceptors (Lipinski definition) is 12. The van der Waals surface area contributed by atoms with Gasteiger partial charge in [-0.15, -0.1) is 0 Å². The Bertz CT molecular complexity index is 2060. The molecular formula is C40H43N3O10. The molecule has 7 N–H and O–H groups in total. The van der Waals surface area contributed by atoms with Crippen molar-refractivity contribution in [3.8, 4) is 22.6 Å². The normalized spacial score (nSPS) is 22.9. The van der Waals surface area contributed by atoms with Crippen LogP contribution in [0.3, 0.4) is 0 Å². The highest BCUT2D eigenvalue weighted by atomic mass is 16.5. The molecule has 5 atom stereocenters. The molecular weight excluding hydrogens is 682 g/mol. The number of Topliss-reactive ketones (excluding diaryl/α,β-unsaturated/α-hetero) is 2. The monoisotopic (exact) mass is 725 g/mol. The van der Waals surface area contributed by atoms with Crippen molar-refractivity contribution in [3.05, 3.63) is 99.8 Å². The summed E-state index contributed by atoms with van der Waals surface area (Å²) < 4.78 is 11.1. The van der Waals surface area contributed by atoms with Gasteiger partial charge >= 0.3 is 5.97 Å². The number of rotatable bonds is 11. The van der Waals surface area contributed by atoms with Gasteiger partial charge in [0, 0.05) is 23.6 Å². The minimum Gasteiger partial charge on any atom is -0.508 e. The maximum absolute atomic E-state index is 14.2. The van der Waals surface area contributed by atoms with Crippen LogP contribution in [0, 0.1) is 11.8 Å². The highest BCUT2D eigenvalue weighted by Crippen LogP contribution is 2.54. The van der Waals surface area contributed by atoms with Crippen molar-refractivity contribution < 1.29 is 49.1 Å². The number of aliphatic hydroxyl groups is 3. The fourth-order valence-corrected chi connectivity index (χ4v) is 8.14. The van der Waals surface area contributed by atoms with Gasteiger partial charge in [0.25, 0.3) is 5.91 Å². The number of nitrogens with two attached hydrogens (primary N) is 1. The first kappa shape index (κ1) is 37.3. The number of phenols is 1. The van der Waals surface area contributed by atoms with Crippen LogP contribution in [0.25, 0.3) is 16.9 Å². The summed E-state index contributed by atoms with van der Waals surface area (Å²) in [6.07, 6.45) is 0.473. The van der Waals surface area contributed by atoms with E-state index in [0.717, 1.165) is 11.1 Å². The SMILES string of the molecule is CCOC(=O)C(Cc1ccccc1)NCc1ccc(OC)c(-c2ccc(O)c3c2C[C@H]2C[C@H]4[C@H](N(C)C)C(=O)C(C(N)=O)=C(O)[C@@]4(O)C(=O)C2=C3O)c1. The lowest BCUT2D eigenvalue weighted by Crippen LogP contribution is -2.65. The molecule has 3 aliphatic rings. The Morgan fingerprint density at radius 1 is 1.02 bits per heavy atom. The first-order valence-electron chi connectivity index (χ1n) is 17.3. The highest BCUT2D eigenvalue weighted by Gasteiger charge is 2.64. The maximum Gasteiger partial charge on any atom is 0.323 e. The van der Waals surface area contributed by atoms with Gasteiger partial charge in [-0.2, -0.15) is 0 Å². The molecule has 0 saturated heterocycles. The number of phenolic OH excluding ortho intramolecular Hbond substituents is 1. The lowest BCUT2D eigenvalue weighted by Gasteiger charge is -2.50. The Balaban J connectivity index is 1.41. The van der Waals surface area contributed by atoms with E-state index in [-0.39, 0.29) is 48.8 Å². The number of aliphatic hydroxyl groups excluding tert-OH is 2. The number of fused-ring (bicyclic) bond motifs is 3. The fraction of sp³-hybridized carbons (Fsp3) is 0.350. The lowest BCUT2D eigenvalue weighted by atomic mass is 9.57. The van der Waals surface area contributed by atoms with Gasteiger partial charge in [0.1, 0.15) is 34.6 Å². The van der Waals surface area contributed by atoms with Crippen LogP contribution < -0.4 is 15.8 Å². The number of carbonyl (C=O) groups is 4. The Hall–Kier alpha value is -5.50. The number of aromatic hydroxyl groups is 1. The number of carbonyl (C=O) groups excluding carboxylic acids is 4. The van der Waals surface area contributed by atoms with Crippen molar-refractivity contribution in [3.63, 3.8) is 0 Å². The molecule has 0 bridgehead atoms. The molecule has 1 fully saturated rings. The summed E-state index contributed by atoms with van der Waals surface area (Å²) in [5, 5.41) is 49.2. The zero-order chi connectivity index (χ0) is 38.4. The van der Waals surface area contributed by atoms with Gasteiger partial charge in [0.2, 0.25) is 5.78 Å². The van der Waals surface area contributed by atoms with E-state index in [9.17, 15) is 39.6 Å². The third-order valence-corrected chi connectivity index (χ3v) is 10.6. The van der Waals surface area contributed by atoms with Crippen molar-refractivity contribution in [1.82, 2.24) is 10.2 Å². The number of ketones is 2. The van der Waals surface area contributed by atoms with Crippen molar-refractivity contribution >= 4 is 29.2 Å². The minimum absolute atomic E-state index is 0.0328. The van der Waals surface area contributed by atoms with Crippen molar-refractivity contribution in [2.45, 2.75) is 50.4 Å². The number of hydrogen-bond donors (Lipinski definition) is 6. The summed E-state index contributed by atoms with van der Waals surface area (Å²) in [7, 11) is 4.61. The van der Waals surface area contributed by atoms with E-state index in [1.54, 1.807) is 33.2 Å². The van der Waals surface area contributed by atoms with E-state index < -0.39 is 64.1 Å². The van der Waals surface area contributed by atoms with E-state index in [4.69, 9.17) is 15.2 Å². The van der Waals surface area contributed by atoms with Gasteiger partial charge < -0.3 is 41.0 Å². The van der Waals surface area contributed by atoms with Gasteiger partial charge in [-0.1, -0.05) is 42.5 Å². The number of esters is 1. The average molecular weight is 726 g/mol. The molecule has 0 spiro atoms. The molecule has 6 rings (SSSR count). The predicted molar refractivity (Wildman–Crippen MR) is 194 cm³/mol. The largest absolute Gasteiger partial charge is 0.508 e. The average Bonchev–Trinajstić information content (AvgIpc) is 3.12. The second kappa shape index (κ2) is 14.5. The van der Waals surface area contributed by atoms with Gasteiger partial charge in [-0.05, 0) is 86.7 Å². The molecule has 0 radical (unpaired) electrons. The second-order valence-corrected chi connectivity index (χ2v) is 13.9. The Labute approximate surface area is 306 Å². The number of benzene rings is 3. The number of ether oxygens (including phenoxy) is 2. The summed E-state index contributed by atoms with van der Waals surface area (Å²) in [4.78, 5) is 54.4. The second-order valence-electron chi connectivity index (χ2n) is 13.9. The van der Waals surface area contributed by atoms with E-state index in [2.05, 4.69) is 5.32 Å². The molecule has 13 nitrogen and oxygen atoms in total. The van der Waals surface area contributed by atoms with Gasteiger partial charge in [-0.25, -0.2) is 0 Å².